The van der Waals surface area contributed by atoms with E-state index in [-0.39, 0.29) is 12.4 Å². The third-order valence-electron chi connectivity index (χ3n) is 3.65. The van der Waals surface area contributed by atoms with Crippen LogP contribution in [-0.2, 0) is 6.42 Å². The molecule has 1 heterocycles. The summed E-state index contributed by atoms with van der Waals surface area (Å²) in [6.45, 7) is 5.24. The zero-order chi connectivity index (χ0) is 12.8. The molecule has 1 aliphatic heterocycles. The van der Waals surface area contributed by atoms with Crippen molar-refractivity contribution in [1.82, 2.24) is 5.32 Å². The molecule has 1 aromatic rings. The van der Waals surface area contributed by atoms with Gasteiger partial charge >= 0.3 is 0 Å². The molecule has 0 radical (unpaired) electrons. The first-order valence-electron chi connectivity index (χ1n) is 6.91. The maximum Gasteiger partial charge on any atom is 0.119 e. The molecule has 1 saturated heterocycles. The highest BCUT2D eigenvalue weighted by molar-refractivity contribution is 6.31. The molecule has 4 heteroatoms. The van der Waals surface area contributed by atoms with Crippen LogP contribution >= 0.6 is 24.0 Å². The Balaban J connectivity index is 0.00000180. The Morgan fingerprint density at radius 2 is 2.05 bits per heavy atom. The van der Waals surface area contributed by atoms with E-state index < -0.39 is 0 Å². The minimum atomic E-state index is 0. The molecule has 2 rings (SSSR count). The first-order valence-corrected chi connectivity index (χ1v) is 7.29. The Kier molecular flexibility index (Phi) is 7.59. The second-order valence-electron chi connectivity index (χ2n) is 4.94. The van der Waals surface area contributed by atoms with E-state index in [1.807, 2.05) is 12.1 Å². The van der Waals surface area contributed by atoms with Gasteiger partial charge in [0.1, 0.15) is 5.75 Å². The van der Waals surface area contributed by atoms with Crippen LogP contribution < -0.4 is 10.1 Å². The number of hydrogen-bond acceptors (Lipinski definition) is 2. The number of benzene rings is 1. The highest BCUT2D eigenvalue weighted by Crippen LogP contribution is 2.23. The predicted molar refractivity (Wildman–Crippen MR) is 83.8 cm³/mol. The van der Waals surface area contributed by atoms with Crippen LogP contribution in [0.1, 0.15) is 31.7 Å². The van der Waals surface area contributed by atoms with Crippen molar-refractivity contribution in [3.05, 3.63) is 28.8 Å². The number of hydrogen-bond donors (Lipinski definition) is 1. The molecule has 1 N–H and O–H groups in total. The van der Waals surface area contributed by atoms with Crippen LogP contribution in [0, 0.1) is 5.92 Å². The van der Waals surface area contributed by atoms with Gasteiger partial charge in [-0.15, -0.1) is 12.4 Å². The van der Waals surface area contributed by atoms with Crippen molar-refractivity contribution in [2.45, 2.75) is 32.6 Å². The van der Waals surface area contributed by atoms with Crippen LogP contribution in [0.3, 0.4) is 0 Å². The van der Waals surface area contributed by atoms with E-state index >= 15 is 0 Å². The first-order chi connectivity index (χ1) is 8.79. The Hall–Kier alpha value is -0.440. The van der Waals surface area contributed by atoms with Gasteiger partial charge in [0.25, 0.3) is 0 Å². The zero-order valence-electron chi connectivity index (χ0n) is 11.5. The lowest BCUT2D eigenvalue weighted by Gasteiger charge is -2.22. The highest BCUT2D eigenvalue weighted by atomic mass is 35.5. The molecule has 0 bridgehead atoms. The van der Waals surface area contributed by atoms with E-state index in [0.29, 0.717) is 0 Å². The second-order valence-corrected chi connectivity index (χ2v) is 5.34. The number of ether oxygens (including phenoxy) is 1. The Bertz CT molecular complexity index is 378. The molecule has 0 aromatic heterocycles. The van der Waals surface area contributed by atoms with Gasteiger partial charge in [0.05, 0.1) is 6.61 Å². The summed E-state index contributed by atoms with van der Waals surface area (Å²) in [7, 11) is 0. The number of nitrogens with one attached hydrogen (secondary N) is 1. The van der Waals surface area contributed by atoms with Crippen molar-refractivity contribution in [1.29, 1.82) is 0 Å². The third kappa shape index (κ3) is 5.21. The van der Waals surface area contributed by atoms with Crippen molar-refractivity contribution in [3.63, 3.8) is 0 Å². The van der Waals surface area contributed by atoms with Crippen molar-refractivity contribution >= 4 is 24.0 Å². The summed E-state index contributed by atoms with van der Waals surface area (Å²) in [5.74, 6) is 1.77. The van der Waals surface area contributed by atoms with Crippen LogP contribution in [0.15, 0.2) is 18.2 Å². The number of halogens is 2. The lowest BCUT2D eigenvalue weighted by atomic mass is 9.95. The smallest absolute Gasteiger partial charge is 0.119 e. The van der Waals surface area contributed by atoms with Gasteiger partial charge in [-0.2, -0.15) is 0 Å². The van der Waals surface area contributed by atoms with E-state index in [4.69, 9.17) is 16.3 Å². The van der Waals surface area contributed by atoms with Gasteiger partial charge in [-0.3, -0.25) is 0 Å². The lowest BCUT2D eigenvalue weighted by Crippen LogP contribution is -2.28. The lowest BCUT2D eigenvalue weighted by molar-refractivity contribution is 0.251. The first kappa shape index (κ1) is 16.6. The van der Waals surface area contributed by atoms with Crippen LogP contribution in [0.4, 0.5) is 0 Å². The molecular weight excluding hydrogens is 281 g/mol. The summed E-state index contributed by atoms with van der Waals surface area (Å²) < 4.78 is 5.83. The summed E-state index contributed by atoms with van der Waals surface area (Å²) in [5, 5.41) is 4.22. The topological polar surface area (TPSA) is 21.3 Å². The maximum atomic E-state index is 6.09. The fourth-order valence-electron chi connectivity index (χ4n) is 2.43. The van der Waals surface area contributed by atoms with Gasteiger partial charge in [-0.25, -0.2) is 0 Å². The van der Waals surface area contributed by atoms with Crippen molar-refractivity contribution in [2.75, 3.05) is 19.7 Å². The van der Waals surface area contributed by atoms with Gasteiger partial charge in [0.2, 0.25) is 0 Å². The van der Waals surface area contributed by atoms with Gasteiger partial charge in [0, 0.05) is 5.02 Å². The van der Waals surface area contributed by atoms with Crippen LogP contribution in [0.5, 0.6) is 5.75 Å². The van der Waals surface area contributed by atoms with Gasteiger partial charge in [-0.1, -0.05) is 18.5 Å². The summed E-state index contributed by atoms with van der Waals surface area (Å²) in [4.78, 5) is 0. The summed E-state index contributed by atoms with van der Waals surface area (Å²) in [6, 6.07) is 5.95. The summed E-state index contributed by atoms with van der Waals surface area (Å²) in [6.07, 6.45) is 4.67. The molecule has 2 nitrogen and oxygen atoms in total. The van der Waals surface area contributed by atoms with E-state index in [1.54, 1.807) is 0 Å². The van der Waals surface area contributed by atoms with Gasteiger partial charge in [-0.05, 0) is 68.5 Å². The maximum absolute atomic E-state index is 6.09. The van der Waals surface area contributed by atoms with Gasteiger partial charge < -0.3 is 10.1 Å². The molecule has 0 aliphatic carbocycles. The van der Waals surface area contributed by atoms with Crippen LogP contribution in [-0.4, -0.2) is 19.7 Å². The van der Waals surface area contributed by atoms with Gasteiger partial charge in [0.15, 0.2) is 0 Å². The fraction of sp³-hybridized carbons (Fsp3) is 0.600. The summed E-state index contributed by atoms with van der Waals surface area (Å²) in [5.41, 5.74) is 1.16. The SMILES string of the molecule is CCc1cc(OCCC2CCNCC2)ccc1Cl.Cl. The van der Waals surface area contributed by atoms with E-state index in [0.717, 1.165) is 54.8 Å². The highest BCUT2D eigenvalue weighted by Gasteiger charge is 2.12. The molecule has 1 aliphatic rings. The average molecular weight is 304 g/mol. The number of aryl methyl sites for hydroxylation is 1. The summed E-state index contributed by atoms with van der Waals surface area (Å²) >= 11 is 6.09. The normalized spacial score (nSPS) is 15.9. The minimum Gasteiger partial charge on any atom is -0.494 e. The van der Waals surface area contributed by atoms with Crippen LogP contribution in [0.2, 0.25) is 5.02 Å². The zero-order valence-corrected chi connectivity index (χ0v) is 13.0. The molecule has 0 atom stereocenters. The van der Waals surface area contributed by atoms with Crippen molar-refractivity contribution < 1.29 is 4.74 Å². The number of rotatable bonds is 5. The van der Waals surface area contributed by atoms with Crippen molar-refractivity contribution in [2.24, 2.45) is 5.92 Å². The minimum absolute atomic E-state index is 0. The van der Waals surface area contributed by atoms with E-state index in [1.165, 1.54) is 12.8 Å². The molecule has 0 amide bonds. The van der Waals surface area contributed by atoms with E-state index in [2.05, 4.69) is 18.3 Å². The Morgan fingerprint density at radius 1 is 1.32 bits per heavy atom. The Labute approximate surface area is 127 Å². The third-order valence-corrected chi connectivity index (χ3v) is 4.02. The van der Waals surface area contributed by atoms with Crippen LogP contribution in [0.25, 0.3) is 0 Å². The average Bonchev–Trinajstić information content (AvgIpc) is 2.42. The standard InChI is InChI=1S/C15H22ClNO.ClH/c1-2-13-11-14(3-4-15(13)16)18-10-7-12-5-8-17-9-6-12;/h3-4,11-12,17H,2,5-10H2,1H3;1H. The predicted octanol–water partition coefficient (Wildman–Crippen LogP) is 4.09. The Morgan fingerprint density at radius 3 is 2.74 bits per heavy atom. The molecule has 0 spiro atoms. The molecule has 0 saturated carbocycles. The largest absolute Gasteiger partial charge is 0.494 e. The number of piperidine rings is 1. The molecule has 108 valence electrons. The van der Waals surface area contributed by atoms with Crippen molar-refractivity contribution in [3.8, 4) is 5.75 Å². The molecule has 19 heavy (non-hydrogen) atoms. The fourth-order valence-corrected chi connectivity index (χ4v) is 2.68. The second kappa shape index (κ2) is 8.68. The molecule has 1 fully saturated rings. The molecule has 1 aromatic carbocycles. The quantitative estimate of drug-likeness (QED) is 0.884. The van der Waals surface area contributed by atoms with E-state index in [9.17, 15) is 0 Å². The molecular formula is C15H23Cl2NO. The molecule has 0 unspecified atom stereocenters. The monoisotopic (exact) mass is 303 g/mol.